The number of hydrogen-bond donors (Lipinski definition) is 0. The zero-order chi connectivity index (χ0) is 18.1. The number of carbonyl (C=O) groups is 2. The van der Waals surface area contributed by atoms with Crippen molar-refractivity contribution < 1.29 is 19.1 Å². The molecule has 1 saturated heterocycles. The van der Waals surface area contributed by atoms with Gasteiger partial charge in [-0.1, -0.05) is 55.5 Å². The fraction of sp³-hybridized carbons (Fsp3) is 0.300. The summed E-state index contributed by atoms with van der Waals surface area (Å²) in [5.74, 6) is 0.374. The van der Waals surface area contributed by atoms with Crippen molar-refractivity contribution in [1.82, 2.24) is 4.90 Å². The van der Waals surface area contributed by atoms with Crippen molar-refractivity contribution in [3.8, 4) is 0 Å². The van der Waals surface area contributed by atoms with Gasteiger partial charge in [-0.25, -0.2) is 4.79 Å². The van der Waals surface area contributed by atoms with Crippen LogP contribution >= 0.6 is 11.8 Å². The Hall–Kier alpha value is -2.47. The predicted molar refractivity (Wildman–Crippen MR) is 98.8 cm³/mol. The number of carbonyl (C=O) groups excluding carboxylic acids is 2. The molecule has 134 valence electrons. The van der Waals surface area contributed by atoms with Gasteiger partial charge in [-0.05, 0) is 18.1 Å². The topological polar surface area (TPSA) is 55.8 Å². The number of fused-ring (bicyclic) bond motifs is 3. The molecule has 2 aromatic rings. The predicted octanol–water partition coefficient (Wildman–Crippen LogP) is 3.98. The summed E-state index contributed by atoms with van der Waals surface area (Å²) in [4.78, 5) is 26.1. The molecule has 6 heteroatoms. The Kier molecular flexibility index (Phi) is 4.36. The van der Waals surface area contributed by atoms with E-state index in [1.807, 2.05) is 61.5 Å². The number of ether oxygens (including phenoxy) is 2. The smallest absolute Gasteiger partial charge is 0.434 e. The lowest BCUT2D eigenvalue weighted by atomic mass is 9.97. The summed E-state index contributed by atoms with van der Waals surface area (Å²) in [6, 6.07) is 17.5. The summed E-state index contributed by atoms with van der Waals surface area (Å²) in [5, 5.41) is 0. The first-order chi connectivity index (χ1) is 12.7. The molecule has 2 heterocycles. The first kappa shape index (κ1) is 17.0. The molecule has 0 saturated carbocycles. The second-order valence-electron chi connectivity index (χ2n) is 6.21. The highest BCUT2D eigenvalue weighted by atomic mass is 32.2. The third kappa shape index (κ3) is 2.48. The Morgan fingerprint density at radius 1 is 1.19 bits per heavy atom. The van der Waals surface area contributed by atoms with Crippen LogP contribution in [0.25, 0.3) is 0 Å². The Labute approximate surface area is 156 Å². The fourth-order valence-corrected chi connectivity index (χ4v) is 5.15. The second-order valence-corrected chi connectivity index (χ2v) is 7.43. The average molecular weight is 369 g/mol. The molecule has 2 unspecified atom stereocenters. The lowest BCUT2D eigenvalue weighted by Gasteiger charge is -2.34. The summed E-state index contributed by atoms with van der Waals surface area (Å²) in [5.41, 5.74) is 2.59. The van der Waals surface area contributed by atoms with Gasteiger partial charge < -0.3 is 9.47 Å². The highest BCUT2D eigenvalue weighted by molar-refractivity contribution is 8.00. The minimum atomic E-state index is -0.731. The third-order valence-corrected chi connectivity index (χ3v) is 6.15. The van der Waals surface area contributed by atoms with Crippen molar-refractivity contribution in [2.45, 2.75) is 24.4 Å². The van der Waals surface area contributed by atoms with Crippen molar-refractivity contribution in [2.24, 2.45) is 0 Å². The number of amides is 1. The molecular weight excluding hydrogens is 350 g/mol. The standard InChI is InChI=1S/C20H19NO4S/c1-2-12-24-19(23)25-17-13-26-20(14-8-4-3-5-9-14)16-11-7-6-10-15(16)18(22)21(17)20/h3-11,17H,2,12-13H2,1H3. The van der Waals surface area contributed by atoms with E-state index in [-0.39, 0.29) is 5.91 Å². The van der Waals surface area contributed by atoms with Gasteiger partial charge in [-0.3, -0.25) is 9.69 Å². The summed E-state index contributed by atoms with van der Waals surface area (Å²) in [6.45, 7) is 2.22. The summed E-state index contributed by atoms with van der Waals surface area (Å²) < 4.78 is 10.5. The van der Waals surface area contributed by atoms with Crippen molar-refractivity contribution in [1.29, 1.82) is 0 Å². The van der Waals surface area contributed by atoms with Crippen LogP contribution in [0.3, 0.4) is 0 Å². The monoisotopic (exact) mass is 369 g/mol. The molecular formula is C20H19NO4S. The van der Waals surface area contributed by atoms with Crippen LogP contribution < -0.4 is 0 Å². The van der Waals surface area contributed by atoms with E-state index in [4.69, 9.17) is 9.47 Å². The molecule has 0 aromatic heterocycles. The van der Waals surface area contributed by atoms with Gasteiger partial charge in [-0.2, -0.15) is 0 Å². The minimum Gasteiger partial charge on any atom is -0.434 e. The molecule has 0 bridgehead atoms. The average Bonchev–Trinajstić information content (AvgIpc) is 3.17. The van der Waals surface area contributed by atoms with Crippen molar-refractivity contribution >= 4 is 23.8 Å². The first-order valence-corrected chi connectivity index (χ1v) is 9.63. The summed E-state index contributed by atoms with van der Waals surface area (Å²) in [7, 11) is 0. The Morgan fingerprint density at radius 3 is 2.69 bits per heavy atom. The highest BCUT2D eigenvalue weighted by Gasteiger charge is 2.59. The molecule has 2 aliphatic heterocycles. The van der Waals surface area contributed by atoms with Crippen LogP contribution in [0.15, 0.2) is 54.6 Å². The molecule has 0 N–H and O–H groups in total. The van der Waals surface area contributed by atoms with Gasteiger partial charge in [0.05, 0.1) is 12.4 Å². The van der Waals surface area contributed by atoms with E-state index in [1.54, 1.807) is 16.7 Å². The number of thioether (sulfide) groups is 1. The Bertz CT molecular complexity index is 841. The molecule has 26 heavy (non-hydrogen) atoms. The molecule has 0 spiro atoms. The van der Waals surface area contributed by atoms with Crippen molar-refractivity contribution in [3.63, 3.8) is 0 Å². The van der Waals surface area contributed by atoms with Gasteiger partial charge in [-0.15, -0.1) is 11.8 Å². The van der Waals surface area contributed by atoms with Gasteiger partial charge in [0, 0.05) is 11.1 Å². The molecule has 2 aromatic carbocycles. The molecule has 0 aliphatic carbocycles. The van der Waals surface area contributed by atoms with E-state index < -0.39 is 17.3 Å². The van der Waals surface area contributed by atoms with E-state index in [0.717, 1.165) is 17.5 Å². The quantitative estimate of drug-likeness (QED) is 0.763. The molecule has 2 atom stereocenters. The van der Waals surface area contributed by atoms with Crippen LogP contribution in [0.1, 0.15) is 34.8 Å². The maximum Gasteiger partial charge on any atom is 0.510 e. The van der Waals surface area contributed by atoms with E-state index in [0.29, 0.717) is 17.9 Å². The van der Waals surface area contributed by atoms with Gasteiger partial charge in [0.1, 0.15) is 4.87 Å². The number of hydrogen-bond acceptors (Lipinski definition) is 5. The van der Waals surface area contributed by atoms with E-state index in [1.165, 1.54) is 0 Å². The Morgan fingerprint density at radius 2 is 1.92 bits per heavy atom. The van der Waals surface area contributed by atoms with Crippen LogP contribution in [0.4, 0.5) is 4.79 Å². The molecule has 1 amide bonds. The number of benzene rings is 2. The molecule has 5 nitrogen and oxygen atoms in total. The number of rotatable bonds is 4. The molecule has 2 aliphatic rings. The van der Waals surface area contributed by atoms with Gasteiger partial charge >= 0.3 is 6.16 Å². The maximum atomic E-state index is 13.1. The zero-order valence-corrected chi connectivity index (χ0v) is 15.2. The van der Waals surface area contributed by atoms with Crippen molar-refractivity contribution in [2.75, 3.05) is 12.4 Å². The van der Waals surface area contributed by atoms with Gasteiger partial charge in [0.15, 0.2) is 6.23 Å². The van der Waals surface area contributed by atoms with E-state index in [2.05, 4.69) is 0 Å². The van der Waals surface area contributed by atoms with Gasteiger partial charge in [0.2, 0.25) is 0 Å². The Balaban J connectivity index is 1.75. The minimum absolute atomic E-state index is 0.122. The molecule has 1 fully saturated rings. The zero-order valence-electron chi connectivity index (χ0n) is 14.4. The van der Waals surface area contributed by atoms with Crippen LogP contribution in [0.2, 0.25) is 0 Å². The van der Waals surface area contributed by atoms with Crippen LogP contribution in [-0.4, -0.2) is 35.6 Å². The summed E-state index contributed by atoms with van der Waals surface area (Å²) >= 11 is 1.61. The lowest BCUT2D eigenvalue weighted by molar-refractivity contribution is -0.0304. The second kappa shape index (κ2) is 6.68. The van der Waals surface area contributed by atoms with Crippen molar-refractivity contribution in [3.05, 3.63) is 71.3 Å². The SMILES string of the molecule is CCCOC(=O)OC1CSC2(c3ccccc3)c3ccccc3C(=O)N12. The van der Waals surface area contributed by atoms with Gasteiger partial charge in [0.25, 0.3) is 5.91 Å². The largest absolute Gasteiger partial charge is 0.510 e. The van der Waals surface area contributed by atoms with Crippen LogP contribution in [0.5, 0.6) is 0 Å². The maximum absolute atomic E-state index is 13.1. The van der Waals surface area contributed by atoms with Crippen LogP contribution in [0, 0.1) is 0 Å². The summed E-state index contributed by atoms with van der Waals surface area (Å²) in [6.07, 6.45) is -0.675. The lowest BCUT2D eigenvalue weighted by Crippen LogP contribution is -2.45. The molecule has 4 rings (SSSR count). The number of nitrogens with zero attached hydrogens (tertiary/aromatic N) is 1. The molecule has 0 radical (unpaired) electrons. The van der Waals surface area contributed by atoms with Crippen LogP contribution in [-0.2, 0) is 14.3 Å². The fourth-order valence-electron chi connectivity index (χ4n) is 3.57. The highest BCUT2D eigenvalue weighted by Crippen LogP contribution is 2.57. The normalized spacial score (nSPS) is 23.5. The first-order valence-electron chi connectivity index (χ1n) is 8.64. The third-order valence-electron chi connectivity index (χ3n) is 4.62. The van der Waals surface area contributed by atoms with E-state index in [9.17, 15) is 9.59 Å². The van der Waals surface area contributed by atoms with E-state index >= 15 is 0 Å².